The zero-order chi connectivity index (χ0) is 22.7. The number of nitrogens with zero attached hydrogens (tertiary/aromatic N) is 5. The molecule has 1 aromatic heterocycles. The molecule has 1 atom stereocenters. The van der Waals surface area contributed by atoms with E-state index in [-0.39, 0.29) is 24.5 Å². The number of aromatic nitrogens is 3. The highest BCUT2D eigenvalue weighted by atomic mass is 79.9. The van der Waals surface area contributed by atoms with E-state index in [1.165, 1.54) is 29.5 Å². The Bertz CT molecular complexity index is 1060. The number of halogens is 4. The molecule has 2 heterocycles. The smallest absolute Gasteiger partial charge is 0.137 e. The standard InChI is InChI=1S/C22H23BrF3N5O/c23-17-2-1-16(20(25)9-17)11-29-5-7-30(8-6-29)12-22(32,13-31-15-27-14-28-31)19-4-3-18(24)10-21(19)26/h1-4,9-10,14-15,32H,5-8,11-13H2. The highest BCUT2D eigenvalue weighted by Crippen LogP contribution is 2.28. The third-order valence-corrected chi connectivity index (χ3v) is 6.18. The third kappa shape index (κ3) is 5.37. The molecule has 170 valence electrons. The topological polar surface area (TPSA) is 57.4 Å². The Morgan fingerprint density at radius 1 is 0.938 bits per heavy atom. The van der Waals surface area contributed by atoms with Crippen molar-refractivity contribution in [2.24, 2.45) is 0 Å². The summed E-state index contributed by atoms with van der Waals surface area (Å²) in [4.78, 5) is 8.04. The summed E-state index contributed by atoms with van der Waals surface area (Å²) in [5.74, 6) is -1.77. The maximum atomic E-state index is 14.6. The van der Waals surface area contributed by atoms with Gasteiger partial charge in [0, 0.05) is 60.9 Å². The molecular formula is C22H23BrF3N5O. The molecule has 3 aromatic rings. The van der Waals surface area contributed by atoms with E-state index in [0.29, 0.717) is 42.8 Å². The molecule has 1 saturated heterocycles. The summed E-state index contributed by atoms with van der Waals surface area (Å²) >= 11 is 3.26. The van der Waals surface area contributed by atoms with Crippen LogP contribution < -0.4 is 0 Å². The van der Waals surface area contributed by atoms with Gasteiger partial charge in [0.1, 0.15) is 35.7 Å². The first-order chi connectivity index (χ1) is 15.3. The van der Waals surface area contributed by atoms with Crippen molar-refractivity contribution in [2.45, 2.75) is 18.7 Å². The van der Waals surface area contributed by atoms with Gasteiger partial charge >= 0.3 is 0 Å². The van der Waals surface area contributed by atoms with Crippen LogP contribution in [0.3, 0.4) is 0 Å². The van der Waals surface area contributed by atoms with Gasteiger partial charge in [0.05, 0.1) is 6.54 Å². The van der Waals surface area contributed by atoms with Crippen molar-refractivity contribution in [1.29, 1.82) is 0 Å². The van der Waals surface area contributed by atoms with Gasteiger partial charge < -0.3 is 5.11 Å². The lowest BCUT2D eigenvalue weighted by Crippen LogP contribution is -2.52. The summed E-state index contributed by atoms with van der Waals surface area (Å²) in [5.41, 5.74) is -1.00. The Kier molecular flexibility index (Phi) is 6.94. The molecule has 0 aliphatic carbocycles. The second-order valence-electron chi connectivity index (χ2n) is 8.04. The number of piperazine rings is 1. The van der Waals surface area contributed by atoms with E-state index in [1.807, 2.05) is 11.0 Å². The summed E-state index contributed by atoms with van der Waals surface area (Å²) in [6.07, 6.45) is 2.78. The third-order valence-electron chi connectivity index (χ3n) is 5.68. The quantitative estimate of drug-likeness (QED) is 0.530. The van der Waals surface area contributed by atoms with Crippen LogP contribution in [0.4, 0.5) is 13.2 Å². The Morgan fingerprint density at radius 3 is 2.34 bits per heavy atom. The summed E-state index contributed by atoms with van der Waals surface area (Å²) in [7, 11) is 0. The van der Waals surface area contributed by atoms with Crippen LogP contribution in [-0.4, -0.2) is 62.4 Å². The average molecular weight is 510 g/mol. The van der Waals surface area contributed by atoms with Crippen molar-refractivity contribution in [3.63, 3.8) is 0 Å². The molecular weight excluding hydrogens is 487 g/mol. The highest BCUT2D eigenvalue weighted by Gasteiger charge is 2.36. The van der Waals surface area contributed by atoms with Crippen LogP contribution in [0.2, 0.25) is 0 Å². The molecule has 0 radical (unpaired) electrons. The molecule has 1 aliphatic heterocycles. The monoisotopic (exact) mass is 509 g/mol. The fourth-order valence-corrected chi connectivity index (χ4v) is 4.37. The van der Waals surface area contributed by atoms with Gasteiger partial charge in [0.15, 0.2) is 0 Å². The van der Waals surface area contributed by atoms with E-state index in [9.17, 15) is 18.3 Å². The van der Waals surface area contributed by atoms with Crippen LogP contribution in [0.25, 0.3) is 0 Å². The fourth-order valence-electron chi connectivity index (χ4n) is 4.04. The van der Waals surface area contributed by atoms with Crippen LogP contribution in [-0.2, 0) is 18.7 Å². The van der Waals surface area contributed by atoms with E-state index in [1.54, 1.807) is 6.07 Å². The van der Waals surface area contributed by atoms with Gasteiger partial charge in [0.25, 0.3) is 0 Å². The number of hydrogen-bond acceptors (Lipinski definition) is 5. The predicted octanol–water partition coefficient (Wildman–Crippen LogP) is 3.16. The minimum absolute atomic E-state index is 0.00811. The van der Waals surface area contributed by atoms with Gasteiger partial charge in [-0.3, -0.25) is 9.80 Å². The molecule has 0 amide bonds. The zero-order valence-corrected chi connectivity index (χ0v) is 18.8. The Morgan fingerprint density at radius 2 is 1.69 bits per heavy atom. The average Bonchev–Trinajstić information content (AvgIpc) is 3.24. The van der Waals surface area contributed by atoms with E-state index >= 15 is 0 Å². The van der Waals surface area contributed by atoms with Crippen molar-refractivity contribution in [1.82, 2.24) is 24.6 Å². The summed E-state index contributed by atoms with van der Waals surface area (Å²) in [5, 5.41) is 15.5. The van der Waals surface area contributed by atoms with Crippen LogP contribution in [0.15, 0.2) is 53.5 Å². The van der Waals surface area contributed by atoms with Crippen LogP contribution in [0.1, 0.15) is 11.1 Å². The normalized spacial score (nSPS) is 17.4. The van der Waals surface area contributed by atoms with Crippen molar-refractivity contribution in [2.75, 3.05) is 32.7 Å². The van der Waals surface area contributed by atoms with Gasteiger partial charge in [-0.2, -0.15) is 5.10 Å². The summed E-state index contributed by atoms with van der Waals surface area (Å²) in [6, 6.07) is 8.21. The highest BCUT2D eigenvalue weighted by molar-refractivity contribution is 9.10. The maximum Gasteiger partial charge on any atom is 0.137 e. The number of rotatable bonds is 7. The van der Waals surface area contributed by atoms with Crippen LogP contribution in [0, 0.1) is 17.5 Å². The molecule has 0 spiro atoms. The fraction of sp³-hybridized carbons (Fsp3) is 0.364. The molecule has 32 heavy (non-hydrogen) atoms. The number of benzene rings is 2. The lowest BCUT2D eigenvalue weighted by Gasteiger charge is -2.39. The number of β-amino-alcohol motifs (C(OH)–C–C–N with tert-alkyl or cyclic N) is 1. The van der Waals surface area contributed by atoms with Crippen molar-refractivity contribution in [3.8, 4) is 0 Å². The summed E-state index contributed by atoms with van der Waals surface area (Å²) < 4.78 is 44.3. The molecule has 2 aromatic carbocycles. The Labute approximate surface area is 192 Å². The van der Waals surface area contributed by atoms with Gasteiger partial charge in [-0.1, -0.05) is 28.1 Å². The largest absolute Gasteiger partial charge is 0.382 e. The molecule has 4 rings (SSSR count). The first kappa shape index (κ1) is 22.9. The number of hydrogen-bond donors (Lipinski definition) is 1. The minimum Gasteiger partial charge on any atom is -0.382 e. The Hall–Kier alpha value is -2.27. The van der Waals surface area contributed by atoms with E-state index in [2.05, 4.69) is 30.9 Å². The minimum atomic E-state index is -1.63. The van der Waals surface area contributed by atoms with Gasteiger partial charge in [0.2, 0.25) is 0 Å². The SMILES string of the molecule is OC(CN1CCN(Cc2ccc(Br)cc2F)CC1)(Cn1cncn1)c1ccc(F)cc1F. The lowest BCUT2D eigenvalue weighted by molar-refractivity contribution is -0.0324. The van der Waals surface area contributed by atoms with E-state index < -0.39 is 17.2 Å². The molecule has 1 fully saturated rings. The number of aliphatic hydroxyl groups is 1. The molecule has 0 bridgehead atoms. The predicted molar refractivity (Wildman–Crippen MR) is 116 cm³/mol. The Balaban J connectivity index is 1.45. The van der Waals surface area contributed by atoms with E-state index in [4.69, 9.17) is 0 Å². The zero-order valence-electron chi connectivity index (χ0n) is 17.3. The van der Waals surface area contributed by atoms with Crippen molar-refractivity contribution >= 4 is 15.9 Å². The molecule has 10 heteroatoms. The summed E-state index contributed by atoms with van der Waals surface area (Å²) in [6.45, 7) is 3.15. The lowest BCUT2D eigenvalue weighted by atomic mass is 9.92. The molecule has 1 N–H and O–H groups in total. The second-order valence-corrected chi connectivity index (χ2v) is 8.95. The molecule has 6 nitrogen and oxygen atoms in total. The van der Waals surface area contributed by atoms with Crippen LogP contribution in [0.5, 0.6) is 0 Å². The second kappa shape index (κ2) is 9.70. The first-order valence-electron chi connectivity index (χ1n) is 10.2. The van der Waals surface area contributed by atoms with Crippen molar-refractivity contribution in [3.05, 3.63) is 82.1 Å². The van der Waals surface area contributed by atoms with E-state index in [0.717, 1.165) is 12.1 Å². The van der Waals surface area contributed by atoms with Gasteiger partial charge in [-0.25, -0.2) is 22.8 Å². The molecule has 0 saturated carbocycles. The van der Waals surface area contributed by atoms with Crippen molar-refractivity contribution < 1.29 is 18.3 Å². The molecule has 1 unspecified atom stereocenters. The van der Waals surface area contributed by atoms with Gasteiger partial charge in [-0.15, -0.1) is 0 Å². The van der Waals surface area contributed by atoms with Crippen LogP contribution >= 0.6 is 15.9 Å². The maximum absolute atomic E-state index is 14.6. The molecule has 1 aliphatic rings. The first-order valence-corrected chi connectivity index (χ1v) is 11.0. The van der Waals surface area contributed by atoms with Gasteiger partial charge in [-0.05, 0) is 18.2 Å².